The summed E-state index contributed by atoms with van der Waals surface area (Å²) in [6.45, 7) is 11.1. The molecule has 3 rings (SSSR count). The molecule has 2 aromatic carbocycles. The maximum atomic E-state index is 12.3. The van der Waals surface area contributed by atoms with Crippen LogP contribution in [0.3, 0.4) is 0 Å². The fourth-order valence-corrected chi connectivity index (χ4v) is 3.41. The molecule has 0 saturated carbocycles. The molecule has 0 atom stereocenters. The molecule has 0 N–H and O–H groups in total. The lowest BCUT2D eigenvalue weighted by atomic mass is 10.1. The van der Waals surface area contributed by atoms with Gasteiger partial charge in [0.2, 0.25) is 8.32 Å². The summed E-state index contributed by atoms with van der Waals surface area (Å²) in [5.74, 6) is 1.43. The molecule has 3 aromatic rings. The predicted octanol–water partition coefficient (Wildman–Crippen LogP) is 5.84. The topological polar surface area (TPSA) is 39.4 Å². The van der Waals surface area contributed by atoms with Crippen molar-refractivity contribution in [3.05, 3.63) is 64.8 Å². The van der Waals surface area contributed by atoms with E-state index in [1.165, 1.54) is 0 Å². The van der Waals surface area contributed by atoms with Crippen molar-refractivity contribution in [2.24, 2.45) is 0 Å². The summed E-state index contributed by atoms with van der Waals surface area (Å²) >= 11 is 0. The Balaban J connectivity index is 1.92. The van der Waals surface area contributed by atoms with Gasteiger partial charge in [-0.1, -0.05) is 32.9 Å². The van der Waals surface area contributed by atoms with Crippen LogP contribution in [-0.2, 0) is 0 Å². The highest BCUT2D eigenvalue weighted by Gasteiger charge is 2.38. The Morgan fingerprint density at radius 1 is 0.960 bits per heavy atom. The van der Waals surface area contributed by atoms with E-state index < -0.39 is 8.32 Å². The average Bonchev–Trinajstić information content (AvgIpc) is 2.54. The number of para-hydroxylation sites is 1. The molecule has 0 amide bonds. The fourth-order valence-electron chi connectivity index (χ4n) is 2.38. The average molecular weight is 353 g/mol. The van der Waals surface area contributed by atoms with E-state index >= 15 is 0 Å². The molecule has 0 unspecified atom stereocenters. The normalized spacial score (nSPS) is 12.4. The van der Waals surface area contributed by atoms with Crippen molar-refractivity contribution in [1.82, 2.24) is 0 Å². The van der Waals surface area contributed by atoms with Crippen LogP contribution >= 0.6 is 0 Å². The Kier molecular flexibility index (Phi) is 4.33. The zero-order valence-corrected chi connectivity index (χ0v) is 16.4. The Hall–Kier alpha value is -2.33. The van der Waals surface area contributed by atoms with E-state index in [9.17, 15) is 4.79 Å². The van der Waals surface area contributed by atoms with Crippen LogP contribution in [0.5, 0.6) is 5.75 Å². The molecule has 130 valence electrons. The van der Waals surface area contributed by atoms with Crippen molar-refractivity contribution in [1.29, 1.82) is 0 Å². The van der Waals surface area contributed by atoms with Gasteiger partial charge >= 0.3 is 0 Å². The first kappa shape index (κ1) is 17.5. The SMILES string of the molecule is CC(C)(C)[Si](C)(C)Oc1ccc(-c2cc(=O)c3ccccc3o2)cc1. The third kappa shape index (κ3) is 3.54. The third-order valence-electron chi connectivity index (χ3n) is 4.95. The minimum absolute atomic E-state index is 0.0292. The van der Waals surface area contributed by atoms with Gasteiger partial charge in [0.05, 0.1) is 5.39 Å². The lowest BCUT2D eigenvalue weighted by Crippen LogP contribution is -2.43. The van der Waals surface area contributed by atoms with Gasteiger partial charge in [0, 0.05) is 11.6 Å². The first-order chi connectivity index (χ1) is 11.7. The van der Waals surface area contributed by atoms with Crippen molar-refractivity contribution in [3.8, 4) is 17.1 Å². The highest BCUT2D eigenvalue weighted by atomic mass is 28.4. The standard InChI is InChI=1S/C21H24O3Si/c1-21(2,3)25(4,5)24-16-12-10-15(11-13-16)20-14-18(22)17-8-6-7-9-19(17)23-20/h6-14H,1-5H3. The second kappa shape index (κ2) is 6.19. The van der Waals surface area contributed by atoms with Crippen molar-refractivity contribution in [2.45, 2.75) is 38.9 Å². The summed E-state index contributed by atoms with van der Waals surface area (Å²) < 4.78 is 12.2. The molecule has 4 heteroatoms. The molecule has 0 aliphatic carbocycles. The van der Waals surface area contributed by atoms with Crippen LogP contribution in [0.15, 0.2) is 63.8 Å². The largest absolute Gasteiger partial charge is 0.544 e. The lowest BCUT2D eigenvalue weighted by Gasteiger charge is -2.36. The highest BCUT2D eigenvalue weighted by Crippen LogP contribution is 2.37. The molecule has 1 aromatic heterocycles. The molecule has 25 heavy (non-hydrogen) atoms. The number of hydrogen-bond donors (Lipinski definition) is 0. The summed E-state index contributed by atoms with van der Waals surface area (Å²) in [7, 11) is -1.86. The summed E-state index contributed by atoms with van der Waals surface area (Å²) in [6.07, 6.45) is 0. The maximum Gasteiger partial charge on any atom is 0.250 e. The molecule has 0 saturated heterocycles. The van der Waals surface area contributed by atoms with E-state index in [0.29, 0.717) is 16.7 Å². The number of benzene rings is 2. The zero-order valence-electron chi connectivity index (χ0n) is 15.4. The zero-order chi connectivity index (χ0) is 18.2. The van der Waals surface area contributed by atoms with Crippen LogP contribution in [0.25, 0.3) is 22.3 Å². The number of fused-ring (bicyclic) bond motifs is 1. The highest BCUT2D eigenvalue weighted by molar-refractivity contribution is 6.74. The molecule has 3 nitrogen and oxygen atoms in total. The molecule has 0 aliphatic heterocycles. The maximum absolute atomic E-state index is 12.3. The Morgan fingerprint density at radius 3 is 2.24 bits per heavy atom. The summed E-state index contributed by atoms with van der Waals surface area (Å²) in [5.41, 5.74) is 1.44. The van der Waals surface area contributed by atoms with Crippen molar-refractivity contribution >= 4 is 19.3 Å². The molecule has 1 heterocycles. The van der Waals surface area contributed by atoms with Gasteiger partial charge in [0.15, 0.2) is 5.43 Å². The van der Waals surface area contributed by atoms with E-state index in [1.54, 1.807) is 12.1 Å². The van der Waals surface area contributed by atoms with Gasteiger partial charge in [0.25, 0.3) is 0 Å². The second-order valence-electron chi connectivity index (χ2n) is 7.86. The number of rotatable bonds is 3. The van der Waals surface area contributed by atoms with Gasteiger partial charge in [0.1, 0.15) is 17.1 Å². The van der Waals surface area contributed by atoms with Gasteiger partial charge < -0.3 is 8.84 Å². The van der Waals surface area contributed by atoms with E-state index in [2.05, 4.69) is 33.9 Å². The monoisotopic (exact) mass is 352 g/mol. The van der Waals surface area contributed by atoms with Crippen molar-refractivity contribution < 1.29 is 8.84 Å². The van der Waals surface area contributed by atoms with Gasteiger partial charge in [-0.15, -0.1) is 0 Å². The summed E-state index contributed by atoms with van der Waals surface area (Å²) in [6, 6.07) is 16.6. The van der Waals surface area contributed by atoms with Crippen LogP contribution in [0, 0.1) is 0 Å². The first-order valence-electron chi connectivity index (χ1n) is 8.50. The molecular weight excluding hydrogens is 328 g/mol. The van der Waals surface area contributed by atoms with E-state index in [0.717, 1.165) is 11.3 Å². The predicted molar refractivity (Wildman–Crippen MR) is 106 cm³/mol. The quantitative estimate of drug-likeness (QED) is 0.556. The van der Waals surface area contributed by atoms with Crippen molar-refractivity contribution in [2.75, 3.05) is 0 Å². The molecular formula is C21H24O3Si. The molecule has 0 bridgehead atoms. The molecule has 0 spiro atoms. The molecule has 0 fully saturated rings. The van der Waals surface area contributed by atoms with Crippen LogP contribution in [-0.4, -0.2) is 8.32 Å². The van der Waals surface area contributed by atoms with E-state index in [1.807, 2.05) is 42.5 Å². The molecule has 0 radical (unpaired) electrons. The Bertz CT molecular complexity index is 947. The lowest BCUT2D eigenvalue weighted by molar-refractivity contribution is 0.492. The first-order valence-corrected chi connectivity index (χ1v) is 11.4. The van der Waals surface area contributed by atoms with Crippen LogP contribution < -0.4 is 9.85 Å². The van der Waals surface area contributed by atoms with Gasteiger partial charge in [-0.05, 0) is 54.5 Å². The second-order valence-corrected chi connectivity index (χ2v) is 12.6. The van der Waals surface area contributed by atoms with Gasteiger partial charge in [-0.25, -0.2) is 0 Å². The van der Waals surface area contributed by atoms with Gasteiger partial charge in [-0.2, -0.15) is 0 Å². The summed E-state index contributed by atoms with van der Waals surface area (Å²) in [5, 5.41) is 0.751. The van der Waals surface area contributed by atoms with Crippen LogP contribution in [0.4, 0.5) is 0 Å². The van der Waals surface area contributed by atoms with Crippen molar-refractivity contribution in [3.63, 3.8) is 0 Å². The number of hydrogen-bond acceptors (Lipinski definition) is 3. The van der Waals surface area contributed by atoms with E-state index in [-0.39, 0.29) is 10.5 Å². The third-order valence-corrected chi connectivity index (χ3v) is 9.31. The molecule has 0 aliphatic rings. The fraction of sp³-hybridized carbons (Fsp3) is 0.286. The van der Waals surface area contributed by atoms with Crippen LogP contribution in [0.1, 0.15) is 20.8 Å². The van der Waals surface area contributed by atoms with E-state index in [4.69, 9.17) is 8.84 Å². The Morgan fingerprint density at radius 2 is 1.60 bits per heavy atom. The Labute approximate surface area is 149 Å². The minimum Gasteiger partial charge on any atom is -0.544 e. The summed E-state index contributed by atoms with van der Waals surface area (Å²) in [4.78, 5) is 12.3. The smallest absolute Gasteiger partial charge is 0.250 e. The van der Waals surface area contributed by atoms with Crippen LogP contribution in [0.2, 0.25) is 18.1 Å². The minimum atomic E-state index is -1.86. The van der Waals surface area contributed by atoms with Gasteiger partial charge in [-0.3, -0.25) is 4.79 Å².